The quantitative estimate of drug-likeness (QED) is 0.361. The monoisotopic (exact) mass is 498 g/mol. The van der Waals surface area contributed by atoms with Crippen molar-refractivity contribution >= 4 is 34.4 Å². The van der Waals surface area contributed by atoms with Crippen LogP contribution in [0.4, 0.5) is 0 Å². The second-order valence-corrected chi connectivity index (χ2v) is 11.1. The summed E-state index contributed by atoms with van der Waals surface area (Å²) in [6.07, 6.45) is 6.62. The summed E-state index contributed by atoms with van der Waals surface area (Å²) >= 11 is 0. The second kappa shape index (κ2) is 11.3. The van der Waals surface area contributed by atoms with Crippen LogP contribution in [0.2, 0.25) is 0 Å². The summed E-state index contributed by atoms with van der Waals surface area (Å²) in [4.78, 5) is 30.7. The average Bonchev–Trinajstić information content (AvgIpc) is 2.86. The number of aromatic nitrogens is 1. The zero-order valence-electron chi connectivity index (χ0n) is 22.7. The predicted octanol–water partition coefficient (Wildman–Crippen LogP) is 6.87. The van der Waals surface area contributed by atoms with Gasteiger partial charge in [0.15, 0.2) is 6.61 Å². The lowest BCUT2D eigenvalue weighted by atomic mass is 9.85. The molecule has 194 valence electrons. The average molecular weight is 499 g/mol. The van der Waals surface area contributed by atoms with E-state index in [1.165, 1.54) is 5.56 Å². The first kappa shape index (κ1) is 26.6. The van der Waals surface area contributed by atoms with Crippen LogP contribution in [0, 0.1) is 0 Å². The fourth-order valence-corrected chi connectivity index (χ4v) is 5.01. The van der Waals surface area contributed by atoms with Gasteiger partial charge in [0.05, 0.1) is 16.8 Å². The molecule has 37 heavy (non-hydrogen) atoms. The van der Waals surface area contributed by atoms with Crippen LogP contribution in [-0.4, -0.2) is 29.5 Å². The van der Waals surface area contributed by atoms with Gasteiger partial charge >= 0.3 is 5.97 Å². The highest BCUT2D eigenvalue weighted by Crippen LogP contribution is 2.36. The van der Waals surface area contributed by atoms with Crippen molar-refractivity contribution in [2.45, 2.75) is 78.2 Å². The minimum atomic E-state index is -0.469. The maximum atomic E-state index is 13.4. The molecule has 1 aliphatic rings. The molecule has 1 aliphatic carbocycles. The fourth-order valence-electron chi connectivity index (χ4n) is 5.01. The Balaban J connectivity index is 1.67. The molecule has 0 aliphatic heterocycles. The van der Waals surface area contributed by atoms with Gasteiger partial charge in [-0.05, 0) is 72.4 Å². The highest BCUT2D eigenvalue weighted by atomic mass is 16.5. The molecule has 0 saturated heterocycles. The van der Waals surface area contributed by atoms with E-state index in [9.17, 15) is 9.59 Å². The molecule has 1 atom stereocenters. The summed E-state index contributed by atoms with van der Waals surface area (Å²) < 4.78 is 5.54. The number of esters is 1. The van der Waals surface area contributed by atoms with Crippen molar-refractivity contribution in [3.8, 4) is 0 Å². The van der Waals surface area contributed by atoms with Crippen molar-refractivity contribution in [2.24, 2.45) is 0 Å². The van der Waals surface area contributed by atoms with Gasteiger partial charge in [0.2, 0.25) is 0 Å². The SMILES string of the molecule is CCCC(C)NC(=O)COC(=O)c1c2c(nc3ccccc13)C(=Cc1ccc(C(C)(C)C)cc1)CCC2. The van der Waals surface area contributed by atoms with Gasteiger partial charge in [-0.1, -0.05) is 76.6 Å². The molecule has 0 fully saturated rings. The van der Waals surface area contributed by atoms with Gasteiger partial charge in [-0.25, -0.2) is 9.78 Å². The van der Waals surface area contributed by atoms with Crippen LogP contribution in [0.15, 0.2) is 48.5 Å². The summed E-state index contributed by atoms with van der Waals surface area (Å²) in [6, 6.07) is 16.4. The number of ether oxygens (including phenoxy) is 1. The van der Waals surface area contributed by atoms with Gasteiger partial charge in [-0.2, -0.15) is 0 Å². The van der Waals surface area contributed by atoms with E-state index in [0.29, 0.717) is 5.56 Å². The molecule has 1 N–H and O–H groups in total. The number of nitrogens with zero attached hydrogens (tertiary/aromatic N) is 1. The summed E-state index contributed by atoms with van der Waals surface area (Å²) in [5, 5.41) is 3.66. The van der Waals surface area contributed by atoms with E-state index < -0.39 is 5.97 Å². The Labute approximate surface area is 220 Å². The van der Waals surface area contributed by atoms with Gasteiger partial charge in [-0.3, -0.25) is 4.79 Å². The molecule has 1 aromatic heterocycles. The summed E-state index contributed by atoms with van der Waals surface area (Å²) in [5.74, 6) is -0.746. The maximum absolute atomic E-state index is 13.4. The van der Waals surface area contributed by atoms with Crippen molar-refractivity contribution in [1.29, 1.82) is 0 Å². The van der Waals surface area contributed by atoms with E-state index in [0.717, 1.165) is 65.4 Å². The van der Waals surface area contributed by atoms with E-state index in [1.54, 1.807) is 0 Å². The first-order valence-corrected chi connectivity index (χ1v) is 13.4. The highest BCUT2D eigenvalue weighted by Gasteiger charge is 2.26. The summed E-state index contributed by atoms with van der Waals surface area (Å²) in [7, 11) is 0. The van der Waals surface area contributed by atoms with E-state index in [-0.39, 0.29) is 24.0 Å². The third-order valence-electron chi connectivity index (χ3n) is 6.96. The van der Waals surface area contributed by atoms with Gasteiger partial charge in [0.25, 0.3) is 5.91 Å². The smallest absolute Gasteiger partial charge is 0.339 e. The minimum absolute atomic E-state index is 0.0517. The number of para-hydroxylation sites is 1. The molecule has 0 radical (unpaired) electrons. The number of benzene rings is 2. The maximum Gasteiger partial charge on any atom is 0.339 e. The largest absolute Gasteiger partial charge is 0.452 e. The van der Waals surface area contributed by atoms with E-state index in [4.69, 9.17) is 9.72 Å². The first-order chi connectivity index (χ1) is 17.7. The molecule has 0 saturated carbocycles. The molecule has 0 bridgehead atoms. The topological polar surface area (TPSA) is 68.3 Å². The number of carbonyl (C=O) groups excluding carboxylic acids is 2. The van der Waals surface area contributed by atoms with Gasteiger partial charge in [0.1, 0.15) is 0 Å². The van der Waals surface area contributed by atoms with Crippen molar-refractivity contribution < 1.29 is 14.3 Å². The third kappa shape index (κ3) is 6.27. The van der Waals surface area contributed by atoms with Crippen molar-refractivity contribution in [3.05, 3.63) is 76.5 Å². The molecule has 0 spiro atoms. The van der Waals surface area contributed by atoms with E-state index in [1.807, 2.05) is 31.2 Å². The van der Waals surface area contributed by atoms with Gasteiger partial charge < -0.3 is 10.1 Å². The first-order valence-electron chi connectivity index (χ1n) is 13.4. The van der Waals surface area contributed by atoms with Crippen LogP contribution in [0.5, 0.6) is 0 Å². The Morgan fingerprint density at radius 2 is 1.81 bits per heavy atom. The Kier molecular flexibility index (Phi) is 8.11. The minimum Gasteiger partial charge on any atom is -0.452 e. The van der Waals surface area contributed by atoms with Crippen LogP contribution < -0.4 is 5.32 Å². The molecule has 3 aromatic rings. The lowest BCUT2D eigenvalue weighted by molar-refractivity contribution is -0.124. The molecule has 2 aromatic carbocycles. The summed E-state index contributed by atoms with van der Waals surface area (Å²) in [5.41, 5.74) is 6.69. The van der Waals surface area contributed by atoms with Crippen molar-refractivity contribution in [2.75, 3.05) is 6.61 Å². The molecule has 1 amide bonds. The van der Waals surface area contributed by atoms with Crippen LogP contribution >= 0.6 is 0 Å². The van der Waals surface area contributed by atoms with E-state index >= 15 is 0 Å². The fraction of sp³-hybridized carbons (Fsp3) is 0.406. The molecule has 1 unspecified atom stereocenters. The molecular weight excluding hydrogens is 460 g/mol. The zero-order valence-corrected chi connectivity index (χ0v) is 22.7. The van der Waals surface area contributed by atoms with Crippen molar-refractivity contribution in [3.63, 3.8) is 0 Å². The standard InChI is InChI=1S/C32H38N2O3/c1-6-10-21(2)33-28(35)20-37-31(36)29-25-12-7-8-14-27(25)34-30-23(11-9-13-26(29)30)19-22-15-17-24(18-16-22)32(3,4)5/h7-8,12,14-19,21H,6,9-11,13,20H2,1-5H3,(H,33,35). The number of amides is 1. The van der Waals surface area contributed by atoms with Crippen molar-refractivity contribution in [1.82, 2.24) is 10.3 Å². The van der Waals surface area contributed by atoms with Crippen LogP contribution in [0.1, 0.15) is 93.0 Å². The van der Waals surface area contributed by atoms with Crippen LogP contribution in [-0.2, 0) is 21.4 Å². The van der Waals surface area contributed by atoms with Crippen LogP contribution in [0.25, 0.3) is 22.6 Å². The van der Waals surface area contributed by atoms with Gasteiger partial charge in [0, 0.05) is 11.4 Å². The number of nitrogens with one attached hydrogen (secondary N) is 1. The summed E-state index contributed by atoms with van der Waals surface area (Å²) in [6.45, 7) is 10.4. The molecular formula is C32H38N2O3. The Hall–Kier alpha value is -3.47. The Morgan fingerprint density at radius 3 is 2.51 bits per heavy atom. The molecule has 1 heterocycles. The second-order valence-electron chi connectivity index (χ2n) is 11.1. The molecule has 5 nitrogen and oxygen atoms in total. The number of carbonyl (C=O) groups is 2. The number of hydrogen-bond donors (Lipinski definition) is 1. The Morgan fingerprint density at radius 1 is 1.08 bits per heavy atom. The molecule has 4 rings (SSSR count). The van der Waals surface area contributed by atoms with Crippen LogP contribution in [0.3, 0.4) is 0 Å². The third-order valence-corrected chi connectivity index (χ3v) is 6.96. The lowest BCUT2D eigenvalue weighted by Crippen LogP contribution is -2.35. The number of hydrogen-bond acceptors (Lipinski definition) is 4. The Bertz CT molecular complexity index is 1320. The zero-order chi connectivity index (χ0) is 26.6. The number of fused-ring (bicyclic) bond motifs is 2. The van der Waals surface area contributed by atoms with E-state index in [2.05, 4.69) is 63.4 Å². The number of rotatable bonds is 7. The molecule has 5 heteroatoms. The normalized spacial score (nSPS) is 15.3. The number of pyridine rings is 1. The highest BCUT2D eigenvalue weighted by molar-refractivity contribution is 6.07. The predicted molar refractivity (Wildman–Crippen MR) is 150 cm³/mol. The lowest BCUT2D eigenvalue weighted by Gasteiger charge is -2.23. The van der Waals surface area contributed by atoms with Gasteiger partial charge in [-0.15, -0.1) is 0 Å². The number of allylic oxidation sites excluding steroid dienone is 1.